The maximum Gasteiger partial charge on any atom is 0.269 e. The van der Waals surface area contributed by atoms with Crippen LogP contribution in [0.1, 0.15) is 16.3 Å². The zero-order chi connectivity index (χ0) is 20.3. The number of hydrogen-bond donors (Lipinski definition) is 1. The van der Waals surface area contributed by atoms with Crippen molar-refractivity contribution in [2.75, 3.05) is 38.0 Å². The van der Waals surface area contributed by atoms with E-state index in [2.05, 4.69) is 25.4 Å². The summed E-state index contributed by atoms with van der Waals surface area (Å²) in [6.07, 6.45) is 0. The van der Waals surface area contributed by atoms with Gasteiger partial charge in [0, 0.05) is 40.8 Å². The fourth-order valence-corrected chi connectivity index (χ4v) is 2.55. The Morgan fingerprint density at radius 2 is 1.61 bits per heavy atom. The van der Waals surface area contributed by atoms with Gasteiger partial charge in [-0.1, -0.05) is 30.3 Å². The second-order valence-electron chi connectivity index (χ2n) is 6.73. The normalized spacial score (nSPS) is 10.6. The van der Waals surface area contributed by atoms with Gasteiger partial charge in [-0.2, -0.15) is 20.1 Å². The number of aromatic nitrogens is 5. The topological polar surface area (TPSA) is 92.1 Å². The van der Waals surface area contributed by atoms with Crippen molar-refractivity contribution in [1.82, 2.24) is 30.0 Å². The van der Waals surface area contributed by atoms with Crippen LogP contribution in [-0.2, 0) is 13.6 Å². The molecule has 0 aliphatic heterocycles. The fourth-order valence-electron chi connectivity index (χ4n) is 2.55. The third-order valence-corrected chi connectivity index (χ3v) is 4.05. The van der Waals surface area contributed by atoms with Crippen LogP contribution >= 0.6 is 0 Å². The molecule has 0 spiro atoms. The number of hydrogen-bond acceptors (Lipinski definition) is 7. The Labute approximate surface area is 164 Å². The Morgan fingerprint density at radius 1 is 1.00 bits per heavy atom. The van der Waals surface area contributed by atoms with Crippen LogP contribution < -0.4 is 15.1 Å². The van der Waals surface area contributed by atoms with Crippen LogP contribution in [0.2, 0.25) is 0 Å². The number of benzene rings is 1. The summed E-state index contributed by atoms with van der Waals surface area (Å²) >= 11 is 0. The van der Waals surface area contributed by atoms with Crippen molar-refractivity contribution in [2.45, 2.75) is 6.54 Å². The van der Waals surface area contributed by atoms with E-state index in [9.17, 15) is 4.79 Å². The third-order valence-electron chi connectivity index (χ3n) is 4.05. The van der Waals surface area contributed by atoms with Crippen LogP contribution in [0.25, 0.3) is 11.3 Å². The number of carbonyl (C=O) groups is 1. The van der Waals surface area contributed by atoms with Crippen molar-refractivity contribution in [1.29, 1.82) is 0 Å². The van der Waals surface area contributed by atoms with Gasteiger partial charge in [-0.05, 0) is 6.07 Å². The van der Waals surface area contributed by atoms with E-state index >= 15 is 0 Å². The van der Waals surface area contributed by atoms with Crippen LogP contribution in [0.4, 0.5) is 11.9 Å². The molecule has 3 rings (SSSR count). The van der Waals surface area contributed by atoms with Gasteiger partial charge >= 0.3 is 0 Å². The molecule has 1 amide bonds. The van der Waals surface area contributed by atoms with E-state index in [1.165, 1.54) is 0 Å². The van der Waals surface area contributed by atoms with Crippen molar-refractivity contribution in [3.8, 4) is 11.3 Å². The van der Waals surface area contributed by atoms with Crippen molar-refractivity contribution in [2.24, 2.45) is 7.05 Å². The van der Waals surface area contributed by atoms with E-state index in [-0.39, 0.29) is 12.5 Å². The van der Waals surface area contributed by atoms with E-state index in [1.54, 1.807) is 27.6 Å². The molecular weight excluding hydrogens is 356 g/mol. The molecule has 0 bridgehead atoms. The Bertz CT molecular complexity index is 939. The SMILES string of the molecule is CN(C)c1nc(CNC(=O)c2cc(-c3ccccc3)nn2C)nc(N(C)C)n1. The molecule has 1 aromatic carbocycles. The van der Waals surface area contributed by atoms with Crippen LogP contribution in [0.3, 0.4) is 0 Å². The summed E-state index contributed by atoms with van der Waals surface area (Å²) in [7, 11) is 9.18. The van der Waals surface area contributed by atoms with Crippen LogP contribution in [0.15, 0.2) is 36.4 Å². The third kappa shape index (κ3) is 4.25. The minimum Gasteiger partial charge on any atom is -0.347 e. The van der Waals surface area contributed by atoms with Crippen molar-refractivity contribution >= 4 is 17.8 Å². The summed E-state index contributed by atoms with van der Waals surface area (Å²) < 4.78 is 1.57. The summed E-state index contributed by atoms with van der Waals surface area (Å²) in [5, 5.41) is 7.30. The second kappa shape index (κ2) is 8.03. The highest BCUT2D eigenvalue weighted by atomic mass is 16.2. The van der Waals surface area contributed by atoms with Gasteiger partial charge in [0.05, 0.1) is 12.2 Å². The molecule has 28 heavy (non-hydrogen) atoms. The maximum absolute atomic E-state index is 12.7. The van der Waals surface area contributed by atoms with Gasteiger partial charge in [-0.15, -0.1) is 0 Å². The lowest BCUT2D eigenvalue weighted by Crippen LogP contribution is -2.27. The largest absolute Gasteiger partial charge is 0.347 e. The summed E-state index contributed by atoms with van der Waals surface area (Å²) in [6, 6.07) is 11.5. The molecule has 146 valence electrons. The minimum absolute atomic E-state index is 0.189. The van der Waals surface area contributed by atoms with Gasteiger partial charge in [0.25, 0.3) is 5.91 Å². The smallest absolute Gasteiger partial charge is 0.269 e. The monoisotopic (exact) mass is 380 g/mol. The first kappa shape index (κ1) is 19.3. The average molecular weight is 380 g/mol. The number of amides is 1. The van der Waals surface area contributed by atoms with Crippen LogP contribution in [0, 0.1) is 0 Å². The first-order chi connectivity index (χ1) is 13.3. The van der Waals surface area contributed by atoms with E-state index in [0.717, 1.165) is 11.3 Å². The quantitative estimate of drug-likeness (QED) is 0.690. The number of aryl methyl sites for hydroxylation is 1. The standard InChI is InChI=1S/C19H24N8O/c1-25(2)18-21-16(22-19(23-18)26(3)4)12-20-17(28)15-11-14(24-27(15)5)13-9-7-6-8-10-13/h6-11H,12H2,1-5H3,(H,20,28). The molecule has 0 atom stereocenters. The van der Waals surface area contributed by atoms with E-state index in [1.807, 2.05) is 58.5 Å². The van der Waals surface area contributed by atoms with Gasteiger partial charge in [0.1, 0.15) is 5.69 Å². The van der Waals surface area contributed by atoms with Crippen molar-refractivity contribution in [3.05, 3.63) is 47.9 Å². The summed E-state index contributed by atoms with van der Waals surface area (Å²) in [5.74, 6) is 1.32. The number of anilines is 2. The van der Waals surface area contributed by atoms with Gasteiger partial charge in [0.15, 0.2) is 5.82 Å². The predicted octanol–water partition coefficient (Wildman–Crippen LogP) is 1.33. The Kier molecular flexibility index (Phi) is 5.53. The highest BCUT2D eigenvalue weighted by Gasteiger charge is 2.16. The van der Waals surface area contributed by atoms with E-state index < -0.39 is 0 Å². The predicted molar refractivity (Wildman–Crippen MR) is 108 cm³/mol. The van der Waals surface area contributed by atoms with E-state index in [0.29, 0.717) is 23.4 Å². The summed E-state index contributed by atoms with van der Waals surface area (Å²) in [5.41, 5.74) is 2.17. The Morgan fingerprint density at radius 3 is 2.18 bits per heavy atom. The molecule has 0 radical (unpaired) electrons. The van der Waals surface area contributed by atoms with Gasteiger partial charge in [0.2, 0.25) is 11.9 Å². The van der Waals surface area contributed by atoms with E-state index in [4.69, 9.17) is 0 Å². The molecule has 2 heterocycles. The molecule has 0 fully saturated rings. The molecular formula is C19H24N8O. The number of carbonyl (C=O) groups excluding carboxylic acids is 1. The first-order valence-electron chi connectivity index (χ1n) is 8.82. The molecule has 1 N–H and O–H groups in total. The molecule has 0 unspecified atom stereocenters. The van der Waals surface area contributed by atoms with Crippen molar-refractivity contribution < 1.29 is 4.79 Å². The number of nitrogens with zero attached hydrogens (tertiary/aromatic N) is 7. The highest BCUT2D eigenvalue weighted by Crippen LogP contribution is 2.18. The van der Waals surface area contributed by atoms with Crippen LogP contribution in [0.5, 0.6) is 0 Å². The lowest BCUT2D eigenvalue weighted by Gasteiger charge is -2.16. The molecule has 3 aromatic rings. The maximum atomic E-state index is 12.7. The van der Waals surface area contributed by atoms with Crippen molar-refractivity contribution in [3.63, 3.8) is 0 Å². The Hall–Kier alpha value is -3.49. The molecule has 0 aliphatic rings. The number of rotatable bonds is 6. The fraction of sp³-hybridized carbons (Fsp3) is 0.316. The molecule has 9 nitrogen and oxygen atoms in total. The lowest BCUT2D eigenvalue weighted by molar-refractivity contribution is 0.0940. The van der Waals surface area contributed by atoms with Gasteiger partial charge in [-0.3, -0.25) is 9.48 Å². The molecule has 0 saturated carbocycles. The lowest BCUT2D eigenvalue weighted by atomic mass is 10.1. The minimum atomic E-state index is -0.240. The zero-order valence-corrected chi connectivity index (χ0v) is 16.7. The molecule has 9 heteroatoms. The summed E-state index contributed by atoms with van der Waals surface area (Å²) in [4.78, 5) is 29.4. The average Bonchev–Trinajstić information content (AvgIpc) is 3.08. The zero-order valence-electron chi connectivity index (χ0n) is 16.7. The summed E-state index contributed by atoms with van der Waals surface area (Å²) in [6.45, 7) is 0.189. The van der Waals surface area contributed by atoms with Crippen LogP contribution in [-0.4, -0.2) is 58.8 Å². The van der Waals surface area contributed by atoms with Gasteiger partial charge in [-0.25, -0.2) is 0 Å². The first-order valence-corrected chi connectivity index (χ1v) is 8.82. The molecule has 2 aromatic heterocycles. The number of nitrogens with one attached hydrogen (secondary N) is 1. The Balaban J connectivity index is 1.77. The second-order valence-corrected chi connectivity index (χ2v) is 6.73. The van der Waals surface area contributed by atoms with Gasteiger partial charge < -0.3 is 15.1 Å². The molecule has 0 aliphatic carbocycles. The molecule has 0 saturated heterocycles. The highest BCUT2D eigenvalue weighted by molar-refractivity contribution is 5.93.